The second kappa shape index (κ2) is 6.85. The minimum absolute atomic E-state index is 0.219. The number of hydrogen-bond acceptors (Lipinski definition) is 2. The predicted octanol–water partition coefficient (Wildman–Crippen LogP) is 4.10. The SMILES string of the molecule is C/C(=N\NC(=O)c1ccccc1I)c1ccc(Cl)cc1. The van der Waals surface area contributed by atoms with Crippen molar-refractivity contribution in [2.24, 2.45) is 5.10 Å². The fourth-order valence-corrected chi connectivity index (χ4v) is 2.35. The van der Waals surface area contributed by atoms with Gasteiger partial charge < -0.3 is 0 Å². The van der Waals surface area contributed by atoms with Crippen molar-refractivity contribution < 1.29 is 4.79 Å². The minimum atomic E-state index is -0.219. The van der Waals surface area contributed by atoms with Crippen LogP contribution in [0, 0.1) is 3.57 Å². The van der Waals surface area contributed by atoms with Crippen molar-refractivity contribution in [2.45, 2.75) is 6.92 Å². The first-order valence-corrected chi connectivity index (χ1v) is 7.38. The van der Waals surface area contributed by atoms with Crippen molar-refractivity contribution in [1.82, 2.24) is 5.43 Å². The van der Waals surface area contributed by atoms with Gasteiger partial charge in [-0.05, 0) is 59.3 Å². The lowest BCUT2D eigenvalue weighted by Crippen LogP contribution is -2.20. The molecule has 0 fully saturated rings. The van der Waals surface area contributed by atoms with E-state index in [1.165, 1.54) is 0 Å². The fraction of sp³-hybridized carbons (Fsp3) is 0.0667. The zero-order valence-corrected chi connectivity index (χ0v) is 13.6. The first-order valence-electron chi connectivity index (χ1n) is 5.93. The Morgan fingerprint density at radius 3 is 2.45 bits per heavy atom. The molecule has 0 radical (unpaired) electrons. The highest BCUT2D eigenvalue weighted by Gasteiger charge is 2.08. The lowest BCUT2D eigenvalue weighted by atomic mass is 10.1. The summed E-state index contributed by atoms with van der Waals surface area (Å²) in [6.07, 6.45) is 0. The highest BCUT2D eigenvalue weighted by Crippen LogP contribution is 2.12. The second-order valence-corrected chi connectivity index (χ2v) is 5.72. The molecule has 2 rings (SSSR count). The highest BCUT2D eigenvalue weighted by atomic mass is 127. The molecular formula is C15H12ClIN2O. The molecule has 2 aromatic carbocycles. The van der Waals surface area contributed by atoms with E-state index in [2.05, 4.69) is 33.1 Å². The van der Waals surface area contributed by atoms with Crippen LogP contribution in [0.4, 0.5) is 0 Å². The number of rotatable bonds is 3. The largest absolute Gasteiger partial charge is 0.272 e. The molecule has 1 N–H and O–H groups in total. The number of hydrogen-bond donors (Lipinski definition) is 1. The Balaban J connectivity index is 2.11. The Morgan fingerprint density at radius 2 is 1.80 bits per heavy atom. The number of nitrogens with one attached hydrogen (secondary N) is 1. The number of hydrazone groups is 1. The monoisotopic (exact) mass is 398 g/mol. The van der Waals surface area contributed by atoms with E-state index in [0.29, 0.717) is 10.6 Å². The Morgan fingerprint density at radius 1 is 1.15 bits per heavy atom. The lowest BCUT2D eigenvalue weighted by molar-refractivity contribution is 0.0954. The van der Waals surface area contributed by atoms with E-state index in [9.17, 15) is 4.79 Å². The average molecular weight is 399 g/mol. The molecule has 0 spiro atoms. The zero-order chi connectivity index (χ0) is 14.5. The molecule has 5 heteroatoms. The summed E-state index contributed by atoms with van der Waals surface area (Å²) in [5.74, 6) is -0.219. The van der Waals surface area contributed by atoms with Crippen LogP contribution in [-0.4, -0.2) is 11.6 Å². The standard InChI is InChI=1S/C15H12ClIN2O/c1-10(11-6-8-12(16)9-7-11)18-19-15(20)13-4-2-3-5-14(13)17/h2-9H,1H3,(H,19,20)/b18-10+. The quantitative estimate of drug-likeness (QED) is 0.472. The van der Waals surface area contributed by atoms with Crippen molar-refractivity contribution >= 4 is 45.8 Å². The molecule has 0 bridgehead atoms. The van der Waals surface area contributed by atoms with Gasteiger partial charge in [0.25, 0.3) is 5.91 Å². The first kappa shape index (κ1) is 15.0. The fourth-order valence-electron chi connectivity index (χ4n) is 1.60. The topological polar surface area (TPSA) is 41.5 Å². The highest BCUT2D eigenvalue weighted by molar-refractivity contribution is 14.1. The predicted molar refractivity (Wildman–Crippen MR) is 90.3 cm³/mol. The summed E-state index contributed by atoms with van der Waals surface area (Å²) in [4.78, 5) is 12.0. The number of carbonyl (C=O) groups is 1. The van der Waals surface area contributed by atoms with Crippen LogP contribution >= 0.6 is 34.2 Å². The van der Waals surface area contributed by atoms with Gasteiger partial charge in [0, 0.05) is 8.59 Å². The molecule has 0 heterocycles. The zero-order valence-electron chi connectivity index (χ0n) is 10.7. The van der Waals surface area contributed by atoms with E-state index in [1.807, 2.05) is 37.3 Å². The molecule has 20 heavy (non-hydrogen) atoms. The molecule has 0 aromatic heterocycles. The molecule has 0 aliphatic heterocycles. The van der Waals surface area contributed by atoms with Gasteiger partial charge in [0.05, 0.1) is 11.3 Å². The van der Waals surface area contributed by atoms with E-state index in [-0.39, 0.29) is 5.91 Å². The normalized spacial score (nSPS) is 11.2. The third-order valence-corrected chi connectivity index (χ3v) is 3.90. The molecule has 3 nitrogen and oxygen atoms in total. The van der Waals surface area contributed by atoms with Crippen LogP contribution < -0.4 is 5.43 Å². The molecule has 102 valence electrons. The Bertz CT molecular complexity index is 653. The van der Waals surface area contributed by atoms with E-state index in [4.69, 9.17) is 11.6 Å². The molecule has 1 amide bonds. The van der Waals surface area contributed by atoms with Gasteiger partial charge in [-0.2, -0.15) is 5.10 Å². The summed E-state index contributed by atoms with van der Waals surface area (Å²) in [5, 5.41) is 4.78. The van der Waals surface area contributed by atoms with Gasteiger partial charge in [0.1, 0.15) is 0 Å². The average Bonchev–Trinajstić information content (AvgIpc) is 2.45. The van der Waals surface area contributed by atoms with E-state index in [0.717, 1.165) is 14.8 Å². The summed E-state index contributed by atoms with van der Waals surface area (Å²) < 4.78 is 0.891. The molecule has 0 unspecified atom stereocenters. The number of halogens is 2. The molecule has 0 saturated carbocycles. The third kappa shape index (κ3) is 3.80. The number of amides is 1. The third-order valence-electron chi connectivity index (χ3n) is 2.71. The first-order chi connectivity index (χ1) is 9.58. The summed E-state index contributed by atoms with van der Waals surface area (Å²) in [7, 11) is 0. The maximum absolute atomic E-state index is 12.0. The second-order valence-electron chi connectivity index (χ2n) is 4.12. The molecule has 0 aliphatic rings. The Labute approximate surface area is 136 Å². The maximum Gasteiger partial charge on any atom is 0.272 e. The van der Waals surface area contributed by atoms with Crippen LogP contribution in [0.15, 0.2) is 53.6 Å². The summed E-state index contributed by atoms with van der Waals surface area (Å²) in [5.41, 5.74) is 4.81. The van der Waals surface area contributed by atoms with E-state index >= 15 is 0 Å². The molecule has 0 saturated heterocycles. The van der Waals surface area contributed by atoms with Crippen LogP contribution in [0.25, 0.3) is 0 Å². The summed E-state index contributed by atoms with van der Waals surface area (Å²) >= 11 is 7.95. The molecular weight excluding hydrogens is 387 g/mol. The van der Waals surface area contributed by atoms with Crippen LogP contribution in [0.3, 0.4) is 0 Å². The molecule has 2 aromatic rings. The van der Waals surface area contributed by atoms with Crippen molar-refractivity contribution in [3.63, 3.8) is 0 Å². The lowest BCUT2D eigenvalue weighted by Gasteiger charge is -2.04. The van der Waals surface area contributed by atoms with Crippen LogP contribution in [0.5, 0.6) is 0 Å². The summed E-state index contributed by atoms with van der Waals surface area (Å²) in [6.45, 7) is 1.83. The van der Waals surface area contributed by atoms with Gasteiger partial charge >= 0.3 is 0 Å². The summed E-state index contributed by atoms with van der Waals surface area (Å²) in [6, 6.07) is 14.7. The van der Waals surface area contributed by atoms with Gasteiger partial charge in [-0.15, -0.1) is 0 Å². The maximum atomic E-state index is 12.0. The van der Waals surface area contributed by atoms with Gasteiger partial charge in [-0.1, -0.05) is 35.9 Å². The van der Waals surface area contributed by atoms with Gasteiger partial charge in [-0.25, -0.2) is 5.43 Å². The van der Waals surface area contributed by atoms with Gasteiger partial charge in [0.2, 0.25) is 0 Å². The number of nitrogens with zero attached hydrogens (tertiary/aromatic N) is 1. The minimum Gasteiger partial charge on any atom is -0.267 e. The Kier molecular flexibility index (Phi) is 5.14. The van der Waals surface area contributed by atoms with Crippen molar-refractivity contribution in [3.8, 4) is 0 Å². The van der Waals surface area contributed by atoms with Crippen LogP contribution in [-0.2, 0) is 0 Å². The van der Waals surface area contributed by atoms with Crippen molar-refractivity contribution in [3.05, 3.63) is 68.3 Å². The van der Waals surface area contributed by atoms with E-state index in [1.54, 1.807) is 18.2 Å². The van der Waals surface area contributed by atoms with E-state index < -0.39 is 0 Å². The molecule has 0 aliphatic carbocycles. The molecule has 0 atom stereocenters. The number of carbonyl (C=O) groups excluding carboxylic acids is 1. The van der Waals surface area contributed by atoms with Crippen LogP contribution in [0.2, 0.25) is 5.02 Å². The van der Waals surface area contributed by atoms with Crippen LogP contribution in [0.1, 0.15) is 22.8 Å². The number of benzene rings is 2. The smallest absolute Gasteiger partial charge is 0.267 e. The van der Waals surface area contributed by atoms with Crippen molar-refractivity contribution in [2.75, 3.05) is 0 Å². The van der Waals surface area contributed by atoms with Gasteiger partial charge in [-0.3, -0.25) is 4.79 Å². The van der Waals surface area contributed by atoms with Gasteiger partial charge in [0.15, 0.2) is 0 Å². The Hall–Kier alpha value is -1.40. The van der Waals surface area contributed by atoms with Crippen molar-refractivity contribution in [1.29, 1.82) is 0 Å².